The maximum atomic E-state index is 11.9. The average molecular weight is 475 g/mol. The van der Waals surface area contributed by atoms with E-state index in [4.69, 9.17) is 9.26 Å². The van der Waals surface area contributed by atoms with Gasteiger partial charge in [-0.1, -0.05) is 35.5 Å². The van der Waals surface area contributed by atoms with Gasteiger partial charge in [0.25, 0.3) is 11.6 Å². The number of nitro benzene ring substituents is 1. The van der Waals surface area contributed by atoms with Gasteiger partial charge in [0.2, 0.25) is 11.7 Å². The quantitative estimate of drug-likeness (QED) is 0.297. The number of nitro groups is 1. The van der Waals surface area contributed by atoms with Crippen molar-refractivity contribution in [2.45, 2.75) is 12.8 Å². The number of rotatable bonds is 8. The van der Waals surface area contributed by atoms with Gasteiger partial charge in [0, 0.05) is 28.6 Å². The second-order valence-corrected chi connectivity index (χ2v) is 6.86. The van der Waals surface area contributed by atoms with Crippen LogP contribution in [0.3, 0.4) is 0 Å². The van der Waals surface area contributed by atoms with E-state index >= 15 is 0 Å². The lowest BCUT2D eigenvalue weighted by Crippen LogP contribution is -2.21. The standard InChI is InChI=1S/C19H15BrN4O6/c20-14-10-13(24(27)28)6-7-15(14)21-16(25)11-29-18(26)9-8-17-22-19(23-30-17)12-4-2-1-3-5-12/h1-7,10H,8-9,11H2,(H,21,25). The number of aromatic nitrogens is 2. The fourth-order valence-corrected chi connectivity index (χ4v) is 2.86. The number of nitrogens with zero attached hydrogens (tertiary/aromatic N) is 3. The molecule has 0 atom stereocenters. The smallest absolute Gasteiger partial charge is 0.306 e. The third-order valence-electron chi connectivity index (χ3n) is 3.84. The minimum absolute atomic E-state index is 0.0368. The average Bonchev–Trinajstić information content (AvgIpc) is 3.22. The van der Waals surface area contributed by atoms with Gasteiger partial charge in [-0.15, -0.1) is 0 Å². The van der Waals surface area contributed by atoms with Gasteiger partial charge in [-0.05, 0) is 22.0 Å². The van der Waals surface area contributed by atoms with E-state index in [1.807, 2.05) is 30.3 Å². The molecular formula is C19H15BrN4O6. The summed E-state index contributed by atoms with van der Waals surface area (Å²) in [6.45, 7) is -0.499. The summed E-state index contributed by atoms with van der Waals surface area (Å²) in [7, 11) is 0. The number of hydrogen-bond acceptors (Lipinski definition) is 8. The molecule has 10 nitrogen and oxygen atoms in total. The van der Waals surface area contributed by atoms with Crippen LogP contribution in [-0.4, -0.2) is 33.5 Å². The first-order chi connectivity index (χ1) is 14.4. The van der Waals surface area contributed by atoms with E-state index < -0.39 is 23.4 Å². The molecule has 154 valence electrons. The molecule has 30 heavy (non-hydrogen) atoms. The minimum Gasteiger partial charge on any atom is -0.456 e. The highest BCUT2D eigenvalue weighted by Gasteiger charge is 2.14. The number of hydrogen-bond donors (Lipinski definition) is 1. The van der Waals surface area contributed by atoms with Crippen molar-refractivity contribution < 1.29 is 23.8 Å². The van der Waals surface area contributed by atoms with E-state index in [-0.39, 0.29) is 24.4 Å². The van der Waals surface area contributed by atoms with Crippen LogP contribution in [0, 0.1) is 10.1 Å². The lowest BCUT2D eigenvalue weighted by Gasteiger charge is -2.08. The second-order valence-electron chi connectivity index (χ2n) is 6.01. The third-order valence-corrected chi connectivity index (χ3v) is 4.50. The molecule has 0 saturated heterocycles. The molecule has 0 aliphatic carbocycles. The van der Waals surface area contributed by atoms with E-state index in [0.29, 0.717) is 16.0 Å². The number of non-ortho nitro benzene ring substituents is 1. The molecular weight excluding hydrogens is 460 g/mol. The molecule has 11 heteroatoms. The minimum atomic E-state index is -0.604. The highest BCUT2D eigenvalue weighted by Crippen LogP contribution is 2.27. The third kappa shape index (κ3) is 5.70. The van der Waals surface area contributed by atoms with Crippen LogP contribution in [0.15, 0.2) is 57.5 Å². The molecule has 0 aliphatic heterocycles. The van der Waals surface area contributed by atoms with Gasteiger partial charge in [-0.25, -0.2) is 0 Å². The van der Waals surface area contributed by atoms with Gasteiger partial charge in [-0.3, -0.25) is 19.7 Å². The number of amides is 1. The topological polar surface area (TPSA) is 137 Å². The van der Waals surface area contributed by atoms with Crippen molar-refractivity contribution in [3.63, 3.8) is 0 Å². The fraction of sp³-hybridized carbons (Fsp3) is 0.158. The summed E-state index contributed by atoms with van der Waals surface area (Å²) in [6, 6.07) is 13.1. The summed E-state index contributed by atoms with van der Waals surface area (Å²) in [5.41, 5.74) is 0.993. The molecule has 0 unspecified atom stereocenters. The lowest BCUT2D eigenvalue weighted by atomic mass is 10.2. The normalized spacial score (nSPS) is 10.4. The number of ether oxygens (including phenoxy) is 1. The number of carbonyl (C=O) groups is 2. The van der Waals surface area contributed by atoms with Gasteiger partial charge >= 0.3 is 5.97 Å². The first-order valence-electron chi connectivity index (χ1n) is 8.70. The number of aryl methyl sites for hydroxylation is 1. The zero-order valence-electron chi connectivity index (χ0n) is 15.4. The van der Waals surface area contributed by atoms with Crippen LogP contribution >= 0.6 is 15.9 Å². The van der Waals surface area contributed by atoms with E-state index in [0.717, 1.165) is 5.56 Å². The van der Waals surface area contributed by atoms with Crippen molar-refractivity contribution in [1.82, 2.24) is 10.1 Å². The van der Waals surface area contributed by atoms with Gasteiger partial charge in [0.05, 0.1) is 17.0 Å². The number of nitrogens with one attached hydrogen (secondary N) is 1. The molecule has 1 aromatic heterocycles. The SMILES string of the molecule is O=C(COC(=O)CCc1nc(-c2ccccc2)no1)Nc1ccc([N+](=O)[O-])cc1Br. The summed E-state index contributed by atoms with van der Waals surface area (Å²) in [6.07, 6.45) is 0.138. The van der Waals surface area contributed by atoms with E-state index in [9.17, 15) is 19.7 Å². The predicted octanol–water partition coefficient (Wildman–Crippen LogP) is 3.52. The summed E-state index contributed by atoms with van der Waals surface area (Å²) in [4.78, 5) is 38.2. The summed E-state index contributed by atoms with van der Waals surface area (Å²) in [5.74, 6) is -0.480. The zero-order valence-corrected chi connectivity index (χ0v) is 17.0. The van der Waals surface area contributed by atoms with Crippen LogP contribution in [0.25, 0.3) is 11.4 Å². The highest BCUT2D eigenvalue weighted by atomic mass is 79.9. The van der Waals surface area contributed by atoms with Gasteiger partial charge in [-0.2, -0.15) is 4.98 Å². The molecule has 2 aromatic carbocycles. The molecule has 1 heterocycles. The number of esters is 1. The van der Waals surface area contributed by atoms with Crippen molar-refractivity contribution in [1.29, 1.82) is 0 Å². The molecule has 0 fully saturated rings. The predicted molar refractivity (Wildman–Crippen MR) is 108 cm³/mol. The molecule has 0 aliphatic rings. The molecule has 3 aromatic rings. The van der Waals surface area contributed by atoms with Crippen molar-refractivity contribution in [2.24, 2.45) is 0 Å². The summed E-state index contributed by atoms with van der Waals surface area (Å²) in [5, 5.41) is 17.1. The van der Waals surface area contributed by atoms with Gasteiger partial charge in [0.1, 0.15) is 0 Å². The first-order valence-corrected chi connectivity index (χ1v) is 9.49. The number of benzene rings is 2. The fourth-order valence-electron chi connectivity index (χ4n) is 2.39. The highest BCUT2D eigenvalue weighted by molar-refractivity contribution is 9.10. The van der Waals surface area contributed by atoms with Crippen molar-refractivity contribution in [3.05, 3.63) is 69.0 Å². The Labute approximate surface area is 178 Å². The van der Waals surface area contributed by atoms with E-state index in [1.165, 1.54) is 18.2 Å². The van der Waals surface area contributed by atoms with Crippen LogP contribution in [0.5, 0.6) is 0 Å². The molecule has 1 amide bonds. The summed E-state index contributed by atoms with van der Waals surface area (Å²) >= 11 is 3.14. The zero-order chi connectivity index (χ0) is 21.5. The first kappa shape index (κ1) is 21.1. The Bertz CT molecular complexity index is 1070. The van der Waals surface area contributed by atoms with E-state index in [1.54, 1.807) is 0 Å². The Kier molecular flexibility index (Phi) is 6.86. The molecule has 0 bridgehead atoms. The number of carbonyl (C=O) groups excluding carboxylic acids is 2. The number of anilines is 1. The molecule has 0 spiro atoms. The molecule has 3 rings (SSSR count). The maximum absolute atomic E-state index is 11.9. The Morgan fingerprint density at radius 1 is 1.20 bits per heavy atom. The van der Waals surface area contributed by atoms with Crippen LogP contribution in [0.4, 0.5) is 11.4 Å². The van der Waals surface area contributed by atoms with Crippen LogP contribution in [0.2, 0.25) is 0 Å². The van der Waals surface area contributed by atoms with Crippen molar-refractivity contribution in [2.75, 3.05) is 11.9 Å². The molecule has 0 saturated carbocycles. The Hall–Kier alpha value is -3.60. The van der Waals surface area contributed by atoms with E-state index in [2.05, 4.69) is 31.4 Å². The van der Waals surface area contributed by atoms with Gasteiger partial charge in [0.15, 0.2) is 6.61 Å². The Morgan fingerprint density at radius 3 is 2.67 bits per heavy atom. The van der Waals surface area contributed by atoms with Crippen molar-refractivity contribution >= 4 is 39.2 Å². The van der Waals surface area contributed by atoms with Crippen LogP contribution in [-0.2, 0) is 20.7 Å². The largest absolute Gasteiger partial charge is 0.456 e. The van der Waals surface area contributed by atoms with Crippen LogP contribution in [0.1, 0.15) is 12.3 Å². The Morgan fingerprint density at radius 2 is 1.97 bits per heavy atom. The van der Waals surface area contributed by atoms with Gasteiger partial charge < -0.3 is 14.6 Å². The number of halogens is 1. The lowest BCUT2D eigenvalue weighted by molar-refractivity contribution is -0.384. The Balaban J connectivity index is 1.44. The van der Waals surface area contributed by atoms with Crippen molar-refractivity contribution in [3.8, 4) is 11.4 Å². The molecule has 0 radical (unpaired) electrons. The monoisotopic (exact) mass is 474 g/mol. The maximum Gasteiger partial charge on any atom is 0.306 e. The molecule has 1 N–H and O–H groups in total. The van der Waals surface area contributed by atoms with Crippen LogP contribution < -0.4 is 5.32 Å². The second kappa shape index (κ2) is 9.74. The summed E-state index contributed by atoms with van der Waals surface area (Å²) < 4.78 is 10.4.